The molecule has 1 heterocycles. The van der Waals surface area contributed by atoms with Crippen LogP contribution >= 0.6 is 0 Å². The highest BCUT2D eigenvalue weighted by Gasteiger charge is 2.39. The van der Waals surface area contributed by atoms with Gasteiger partial charge in [0.25, 0.3) is 0 Å². The number of ether oxygens (including phenoxy) is 1. The van der Waals surface area contributed by atoms with E-state index in [1.165, 1.54) is 0 Å². The second-order valence-corrected chi connectivity index (χ2v) is 6.84. The molecule has 4 heteroatoms. The van der Waals surface area contributed by atoms with E-state index in [4.69, 9.17) is 4.74 Å². The number of fused-ring (bicyclic) bond motifs is 1. The molecular formula is C21H20N2O2. The second kappa shape index (κ2) is 6.25. The molecule has 0 saturated heterocycles. The monoisotopic (exact) mass is 332 g/mol. The Labute approximate surface area is 147 Å². The van der Waals surface area contributed by atoms with E-state index in [9.17, 15) is 10.1 Å². The fourth-order valence-corrected chi connectivity index (χ4v) is 3.48. The molecule has 1 atom stereocenters. The Bertz CT molecular complexity index is 850. The quantitative estimate of drug-likeness (QED) is 0.835. The molecule has 1 aliphatic carbocycles. The fourth-order valence-electron chi connectivity index (χ4n) is 3.48. The summed E-state index contributed by atoms with van der Waals surface area (Å²) < 4.78 is 6.08. The lowest BCUT2D eigenvalue weighted by Crippen LogP contribution is -2.43. The van der Waals surface area contributed by atoms with Crippen LogP contribution in [-0.2, 0) is 11.2 Å². The summed E-state index contributed by atoms with van der Waals surface area (Å²) in [5, 5.41) is 9.51. The van der Waals surface area contributed by atoms with Gasteiger partial charge in [0.05, 0.1) is 11.3 Å². The van der Waals surface area contributed by atoms with Gasteiger partial charge in [-0.1, -0.05) is 18.2 Å². The molecule has 4 rings (SSSR count). The summed E-state index contributed by atoms with van der Waals surface area (Å²) in [6, 6.07) is 15.6. The molecule has 0 N–H and O–H groups in total. The number of hydrogen-bond acceptors (Lipinski definition) is 3. The highest BCUT2D eigenvalue weighted by Crippen LogP contribution is 2.43. The van der Waals surface area contributed by atoms with Crippen molar-refractivity contribution in [3.05, 3.63) is 53.6 Å². The third-order valence-electron chi connectivity index (χ3n) is 5.00. The molecule has 25 heavy (non-hydrogen) atoms. The van der Waals surface area contributed by atoms with E-state index in [1.54, 1.807) is 6.07 Å². The molecule has 1 aliphatic heterocycles. The van der Waals surface area contributed by atoms with Gasteiger partial charge in [0.15, 0.2) is 0 Å². The molecule has 126 valence electrons. The van der Waals surface area contributed by atoms with Gasteiger partial charge in [0.2, 0.25) is 5.91 Å². The Hall–Kier alpha value is -2.80. The number of nitrogens with zero attached hydrogens (tertiary/aromatic N) is 2. The van der Waals surface area contributed by atoms with Crippen LogP contribution < -0.4 is 9.64 Å². The Morgan fingerprint density at radius 3 is 2.60 bits per heavy atom. The van der Waals surface area contributed by atoms with Crippen LogP contribution in [0.15, 0.2) is 42.5 Å². The molecule has 0 unspecified atom stereocenters. The molecular weight excluding hydrogens is 312 g/mol. The van der Waals surface area contributed by atoms with Crippen molar-refractivity contribution in [3.8, 4) is 17.6 Å². The minimum absolute atomic E-state index is 0.169. The molecule has 1 fully saturated rings. The first kappa shape index (κ1) is 15.7. The number of benzene rings is 2. The van der Waals surface area contributed by atoms with E-state index in [1.807, 2.05) is 41.3 Å². The fraction of sp³-hybridized carbons (Fsp3) is 0.333. The Morgan fingerprint density at radius 2 is 1.92 bits per heavy atom. The summed E-state index contributed by atoms with van der Waals surface area (Å²) >= 11 is 0. The smallest absolute Gasteiger partial charge is 0.230 e. The molecule has 0 bridgehead atoms. The number of amides is 1. The Kier molecular flexibility index (Phi) is 3.93. The van der Waals surface area contributed by atoms with Crippen molar-refractivity contribution in [2.45, 2.75) is 38.6 Å². The third-order valence-corrected chi connectivity index (χ3v) is 5.00. The number of rotatable bonds is 3. The minimum atomic E-state index is 0.169. The molecule has 4 nitrogen and oxygen atoms in total. The lowest BCUT2D eigenvalue weighted by molar-refractivity contribution is -0.120. The summed E-state index contributed by atoms with van der Waals surface area (Å²) in [6.45, 7) is 2.10. The Morgan fingerprint density at radius 1 is 1.16 bits per heavy atom. The van der Waals surface area contributed by atoms with Crippen LogP contribution in [-0.4, -0.2) is 11.9 Å². The van der Waals surface area contributed by atoms with Crippen LogP contribution in [0, 0.1) is 17.2 Å². The van der Waals surface area contributed by atoms with Gasteiger partial charge in [0, 0.05) is 17.5 Å². The van der Waals surface area contributed by atoms with Gasteiger partial charge in [-0.3, -0.25) is 4.79 Å². The van der Waals surface area contributed by atoms with Gasteiger partial charge in [-0.15, -0.1) is 0 Å². The predicted octanol–water partition coefficient (Wildman–Crippen LogP) is 4.43. The van der Waals surface area contributed by atoms with Gasteiger partial charge >= 0.3 is 0 Å². The molecule has 0 aromatic heterocycles. The molecule has 0 radical (unpaired) electrons. The second-order valence-electron chi connectivity index (χ2n) is 6.84. The van der Waals surface area contributed by atoms with Crippen molar-refractivity contribution in [2.75, 3.05) is 4.90 Å². The molecule has 2 aromatic carbocycles. The van der Waals surface area contributed by atoms with Crippen molar-refractivity contribution in [1.82, 2.24) is 0 Å². The summed E-state index contributed by atoms with van der Waals surface area (Å²) in [6.07, 6.45) is 3.66. The summed E-state index contributed by atoms with van der Waals surface area (Å²) in [5.74, 6) is 1.67. The first-order chi connectivity index (χ1) is 12.2. The SMILES string of the molecule is C[C@H]1CCc2c(ccc(C#N)c2Oc2ccccc2)N1C(=O)C1CC1. The average molecular weight is 332 g/mol. The number of anilines is 1. The number of para-hydroxylation sites is 1. The van der Waals surface area contributed by atoms with Crippen molar-refractivity contribution < 1.29 is 9.53 Å². The molecule has 2 aromatic rings. The van der Waals surface area contributed by atoms with Crippen molar-refractivity contribution >= 4 is 11.6 Å². The van der Waals surface area contributed by atoms with Crippen LogP contribution in [0.4, 0.5) is 5.69 Å². The van der Waals surface area contributed by atoms with E-state index < -0.39 is 0 Å². The minimum Gasteiger partial charge on any atom is -0.456 e. The molecule has 1 saturated carbocycles. The largest absolute Gasteiger partial charge is 0.456 e. The summed E-state index contributed by atoms with van der Waals surface area (Å²) in [5.41, 5.74) is 2.38. The van der Waals surface area contributed by atoms with Gasteiger partial charge in [0.1, 0.15) is 17.6 Å². The van der Waals surface area contributed by atoms with Crippen molar-refractivity contribution in [2.24, 2.45) is 5.92 Å². The van der Waals surface area contributed by atoms with E-state index in [-0.39, 0.29) is 17.9 Å². The maximum Gasteiger partial charge on any atom is 0.230 e. The number of carbonyl (C=O) groups is 1. The van der Waals surface area contributed by atoms with Crippen molar-refractivity contribution in [3.63, 3.8) is 0 Å². The van der Waals surface area contributed by atoms with Gasteiger partial charge in [-0.2, -0.15) is 5.26 Å². The zero-order chi connectivity index (χ0) is 17.4. The van der Waals surface area contributed by atoms with Crippen LogP contribution in [0.5, 0.6) is 11.5 Å². The third kappa shape index (κ3) is 2.87. The number of nitriles is 1. The first-order valence-electron chi connectivity index (χ1n) is 8.81. The maximum absolute atomic E-state index is 12.8. The predicted molar refractivity (Wildman–Crippen MR) is 95.7 cm³/mol. The normalized spacial score (nSPS) is 19.0. The van der Waals surface area contributed by atoms with Gasteiger partial charge < -0.3 is 9.64 Å². The lowest BCUT2D eigenvalue weighted by Gasteiger charge is -2.36. The van der Waals surface area contributed by atoms with Gasteiger partial charge in [-0.25, -0.2) is 0 Å². The molecule has 1 amide bonds. The van der Waals surface area contributed by atoms with Crippen LogP contribution in [0.25, 0.3) is 0 Å². The summed E-state index contributed by atoms with van der Waals surface area (Å²) in [7, 11) is 0. The molecule has 0 spiro atoms. The van der Waals surface area contributed by atoms with E-state index in [0.29, 0.717) is 17.1 Å². The standard InChI is InChI=1S/C21H20N2O2/c1-14-7-11-18-19(23(14)21(24)15-8-9-15)12-10-16(13-22)20(18)25-17-5-3-2-4-6-17/h2-6,10,12,14-15H,7-9,11H2,1H3/t14-/m0/s1. The van der Waals surface area contributed by atoms with Crippen LogP contribution in [0.3, 0.4) is 0 Å². The van der Waals surface area contributed by atoms with E-state index >= 15 is 0 Å². The average Bonchev–Trinajstić information content (AvgIpc) is 3.47. The first-order valence-corrected chi connectivity index (χ1v) is 8.81. The van der Waals surface area contributed by atoms with Crippen LogP contribution in [0.1, 0.15) is 37.3 Å². The molecule has 2 aliphatic rings. The summed E-state index contributed by atoms with van der Waals surface area (Å²) in [4.78, 5) is 14.7. The number of hydrogen-bond donors (Lipinski definition) is 0. The zero-order valence-electron chi connectivity index (χ0n) is 14.2. The number of carbonyl (C=O) groups excluding carboxylic acids is 1. The van der Waals surface area contributed by atoms with E-state index in [2.05, 4.69) is 13.0 Å². The highest BCUT2D eigenvalue weighted by atomic mass is 16.5. The van der Waals surface area contributed by atoms with Crippen LogP contribution in [0.2, 0.25) is 0 Å². The van der Waals surface area contributed by atoms with Gasteiger partial charge in [-0.05, 0) is 56.9 Å². The lowest BCUT2D eigenvalue weighted by atomic mass is 9.93. The zero-order valence-corrected chi connectivity index (χ0v) is 14.2. The van der Waals surface area contributed by atoms with Crippen molar-refractivity contribution in [1.29, 1.82) is 5.26 Å². The highest BCUT2D eigenvalue weighted by molar-refractivity contribution is 5.98. The Balaban J connectivity index is 1.79. The maximum atomic E-state index is 12.8. The topological polar surface area (TPSA) is 53.3 Å². The van der Waals surface area contributed by atoms with E-state index in [0.717, 1.165) is 36.9 Å².